The molecule has 1 atom stereocenters. The van der Waals surface area contributed by atoms with E-state index in [1.807, 2.05) is 36.4 Å². The summed E-state index contributed by atoms with van der Waals surface area (Å²) in [4.78, 5) is 11.8. The van der Waals surface area contributed by atoms with Crippen molar-refractivity contribution in [1.29, 1.82) is 0 Å². The van der Waals surface area contributed by atoms with E-state index in [9.17, 15) is 15.1 Å². The van der Waals surface area contributed by atoms with E-state index in [1.165, 1.54) is 36.0 Å². The Labute approximate surface area is 171 Å². The molecule has 2 aromatic carbocycles. The highest BCUT2D eigenvalue weighted by molar-refractivity contribution is 6.02. The fourth-order valence-corrected chi connectivity index (χ4v) is 4.68. The van der Waals surface area contributed by atoms with E-state index in [-0.39, 0.29) is 6.42 Å². The summed E-state index contributed by atoms with van der Waals surface area (Å²) < 4.78 is 0. The number of aliphatic carboxylic acids is 1. The zero-order valence-electron chi connectivity index (χ0n) is 16.6. The predicted octanol–water partition coefficient (Wildman–Crippen LogP) is 5.47. The first kappa shape index (κ1) is 19.4. The molecule has 0 bridgehead atoms. The van der Waals surface area contributed by atoms with Gasteiger partial charge >= 0.3 is 5.97 Å². The zero-order chi connectivity index (χ0) is 20.2. The van der Waals surface area contributed by atoms with Crippen molar-refractivity contribution in [3.63, 3.8) is 0 Å². The van der Waals surface area contributed by atoms with E-state index >= 15 is 0 Å². The molecule has 0 aromatic heterocycles. The first-order valence-electron chi connectivity index (χ1n) is 10.5. The van der Waals surface area contributed by atoms with Gasteiger partial charge in [0.2, 0.25) is 0 Å². The molecule has 150 valence electrons. The molecular formula is C25H27NO3. The minimum Gasteiger partial charge on any atom is -0.481 e. The summed E-state index contributed by atoms with van der Waals surface area (Å²) in [6, 6.07) is 16.1. The van der Waals surface area contributed by atoms with Crippen LogP contribution in [-0.2, 0) is 17.6 Å². The largest absolute Gasteiger partial charge is 0.481 e. The van der Waals surface area contributed by atoms with Crippen LogP contribution in [0.1, 0.15) is 60.8 Å². The maximum atomic E-state index is 11.8. The van der Waals surface area contributed by atoms with Gasteiger partial charge in [-0.1, -0.05) is 53.2 Å². The van der Waals surface area contributed by atoms with Crippen molar-refractivity contribution in [2.45, 2.75) is 51.4 Å². The molecule has 2 aliphatic carbocycles. The van der Waals surface area contributed by atoms with E-state index in [1.54, 1.807) is 5.57 Å². The van der Waals surface area contributed by atoms with Gasteiger partial charge in [-0.15, -0.1) is 0 Å². The molecule has 0 fully saturated rings. The van der Waals surface area contributed by atoms with Gasteiger partial charge < -0.3 is 10.3 Å². The average Bonchev–Trinajstić information content (AvgIpc) is 3.12. The molecular weight excluding hydrogens is 362 g/mol. The summed E-state index contributed by atoms with van der Waals surface area (Å²) in [6.45, 7) is 0. The molecule has 2 N–H and O–H groups in total. The molecule has 4 nitrogen and oxygen atoms in total. The van der Waals surface area contributed by atoms with Crippen LogP contribution in [0.25, 0.3) is 5.57 Å². The maximum absolute atomic E-state index is 11.8. The second-order valence-electron chi connectivity index (χ2n) is 8.15. The number of allylic oxidation sites excluding steroid dienone is 2. The Morgan fingerprint density at radius 1 is 1.07 bits per heavy atom. The van der Waals surface area contributed by atoms with Gasteiger partial charge in [0, 0.05) is 6.42 Å². The molecule has 0 heterocycles. The van der Waals surface area contributed by atoms with E-state index < -0.39 is 11.9 Å². The lowest BCUT2D eigenvalue weighted by Gasteiger charge is -2.15. The zero-order valence-corrected chi connectivity index (χ0v) is 16.6. The third-order valence-corrected chi connectivity index (χ3v) is 6.28. The van der Waals surface area contributed by atoms with Gasteiger partial charge in [-0.05, 0) is 78.8 Å². The molecule has 0 saturated heterocycles. The summed E-state index contributed by atoms with van der Waals surface area (Å²) in [5.74, 6) is -1.43. The number of oxime groups is 1. The summed E-state index contributed by atoms with van der Waals surface area (Å²) in [7, 11) is 0. The number of hydrogen-bond donors (Lipinski definition) is 2. The molecule has 2 aromatic rings. The Bertz CT molecular complexity index is 959. The van der Waals surface area contributed by atoms with Crippen LogP contribution >= 0.6 is 0 Å². The summed E-state index contributed by atoms with van der Waals surface area (Å²) in [5.41, 5.74) is 8.08. The normalized spacial score (nSPS) is 17.0. The van der Waals surface area contributed by atoms with Crippen molar-refractivity contribution >= 4 is 17.3 Å². The van der Waals surface area contributed by atoms with Gasteiger partial charge in [0.15, 0.2) is 0 Å². The van der Waals surface area contributed by atoms with Crippen LogP contribution in [0.4, 0.5) is 0 Å². The second kappa shape index (κ2) is 8.64. The van der Waals surface area contributed by atoms with E-state index in [4.69, 9.17) is 0 Å². The highest BCUT2D eigenvalue weighted by Crippen LogP contribution is 2.41. The molecule has 1 unspecified atom stereocenters. The van der Waals surface area contributed by atoms with Crippen molar-refractivity contribution in [2.24, 2.45) is 11.1 Å². The molecule has 4 rings (SSSR count). The van der Waals surface area contributed by atoms with Crippen LogP contribution in [0.5, 0.6) is 0 Å². The minimum atomic E-state index is -0.847. The quantitative estimate of drug-likeness (QED) is 0.375. The molecule has 4 heteroatoms. The Morgan fingerprint density at radius 2 is 1.86 bits per heavy atom. The molecule has 0 spiro atoms. The van der Waals surface area contributed by atoms with Crippen LogP contribution < -0.4 is 0 Å². The van der Waals surface area contributed by atoms with Gasteiger partial charge in [0.25, 0.3) is 0 Å². The van der Waals surface area contributed by atoms with Crippen LogP contribution in [0.3, 0.4) is 0 Å². The van der Waals surface area contributed by atoms with E-state index in [0.29, 0.717) is 18.6 Å². The molecule has 0 amide bonds. The molecule has 2 aliphatic rings. The number of hydrogen-bond acceptors (Lipinski definition) is 3. The van der Waals surface area contributed by atoms with Crippen LogP contribution in [0, 0.1) is 5.92 Å². The number of nitrogens with zero attached hydrogens (tertiary/aromatic N) is 1. The Balaban J connectivity index is 1.48. The smallest absolute Gasteiger partial charge is 0.306 e. The molecule has 0 aliphatic heterocycles. The minimum absolute atomic E-state index is 0.227. The second-order valence-corrected chi connectivity index (χ2v) is 8.15. The lowest BCUT2D eigenvalue weighted by Crippen LogP contribution is -2.19. The predicted molar refractivity (Wildman–Crippen MR) is 114 cm³/mol. The van der Waals surface area contributed by atoms with Crippen molar-refractivity contribution in [3.05, 3.63) is 76.4 Å². The number of rotatable bonds is 7. The van der Waals surface area contributed by atoms with Crippen LogP contribution in [0.15, 0.2) is 59.3 Å². The van der Waals surface area contributed by atoms with Gasteiger partial charge in [-0.3, -0.25) is 4.79 Å². The summed E-state index contributed by atoms with van der Waals surface area (Å²) in [5, 5.41) is 22.8. The number of fused-ring (bicyclic) bond motifs is 2. The fourth-order valence-electron chi connectivity index (χ4n) is 4.68. The van der Waals surface area contributed by atoms with Gasteiger partial charge in [0.05, 0.1) is 11.6 Å². The number of carboxylic acids is 1. The SMILES string of the molecule is O=C(O)C(CCc1ccccc1)C/C(=N/O)c1ccc2c(c1)CC1=C2CCCC1. The topological polar surface area (TPSA) is 69.9 Å². The van der Waals surface area contributed by atoms with Crippen molar-refractivity contribution in [1.82, 2.24) is 0 Å². The Hall–Kier alpha value is -2.88. The highest BCUT2D eigenvalue weighted by Gasteiger charge is 2.26. The first-order chi connectivity index (χ1) is 14.2. The van der Waals surface area contributed by atoms with Crippen LogP contribution in [-0.4, -0.2) is 22.0 Å². The van der Waals surface area contributed by atoms with E-state index in [2.05, 4.69) is 17.3 Å². The molecule has 0 radical (unpaired) electrons. The standard InChI is InChI=1S/C25H27NO3/c27-25(28)20(11-10-17-6-2-1-3-7-17)16-24(26-29)19-12-13-23-21(15-19)14-18-8-4-5-9-22(18)23/h1-3,6-7,12-13,15,20,29H,4-5,8-11,14,16H2,(H,27,28)/b26-24-. The lowest BCUT2D eigenvalue weighted by atomic mass is 9.90. The van der Waals surface area contributed by atoms with Gasteiger partial charge in [-0.2, -0.15) is 0 Å². The summed E-state index contributed by atoms with van der Waals surface area (Å²) in [6.07, 6.45) is 7.27. The fraction of sp³-hybridized carbons (Fsp3) is 0.360. The van der Waals surface area contributed by atoms with Crippen molar-refractivity contribution in [3.8, 4) is 0 Å². The molecule has 29 heavy (non-hydrogen) atoms. The highest BCUT2D eigenvalue weighted by atomic mass is 16.4. The third-order valence-electron chi connectivity index (χ3n) is 6.28. The number of aryl methyl sites for hydroxylation is 1. The number of carboxylic acid groups (broad SMARTS) is 1. The van der Waals surface area contributed by atoms with Gasteiger partial charge in [-0.25, -0.2) is 0 Å². The Kier molecular flexibility index (Phi) is 5.79. The Morgan fingerprint density at radius 3 is 2.62 bits per heavy atom. The lowest BCUT2D eigenvalue weighted by molar-refractivity contribution is -0.141. The maximum Gasteiger partial charge on any atom is 0.306 e. The van der Waals surface area contributed by atoms with E-state index in [0.717, 1.165) is 24.0 Å². The monoisotopic (exact) mass is 389 g/mol. The average molecular weight is 389 g/mol. The molecule has 0 saturated carbocycles. The van der Waals surface area contributed by atoms with Crippen molar-refractivity contribution in [2.75, 3.05) is 0 Å². The van der Waals surface area contributed by atoms with Crippen molar-refractivity contribution < 1.29 is 15.1 Å². The summed E-state index contributed by atoms with van der Waals surface area (Å²) >= 11 is 0. The third kappa shape index (κ3) is 4.26. The van der Waals surface area contributed by atoms with Crippen LogP contribution in [0.2, 0.25) is 0 Å². The van der Waals surface area contributed by atoms with Gasteiger partial charge in [0.1, 0.15) is 0 Å². The number of carbonyl (C=O) groups is 1. The first-order valence-corrected chi connectivity index (χ1v) is 10.5. The number of benzene rings is 2.